The summed E-state index contributed by atoms with van der Waals surface area (Å²) >= 11 is 0. The van der Waals surface area contributed by atoms with Crippen molar-refractivity contribution < 1.29 is 19.7 Å². The summed E-state index contributed by atoms with van der Waals surface area (Å²) < 4.78 is 10.6. The lowest BCUT2D eigenvalue weighted by atomic mass is 9.83. The zero-order valence-corrected chi connectivity index (χ0v) is 12.4. The Hall–Kier alpha value is -2.36. The fraction of sp³-hybridized carbons (Fsp3) is 0.294. The molecular formula is C17H18O4. The van der Waals surface area contributed by atoms with E-state index in [0.29, 0.717) is 11.5 Å². The molecule has 1 aliphatic carbocycles. The fourth-order valence-electron chi connectivity index (χ4n) is 3.09. The van der Waals surface area contributed by atoms with Crippen LogP contribution in [0.1, 0.15) is 16.7 Å². The van der Waals surface area contributed by atoms with E-state index in [-0.39, 0.29) is 11.5 Å². The normalized spacial score (nSPS) is 12.5. The zero-order valence-electron chi connectivity index (χ0n) is 12.4. The molecule has 0 aromatic heterocycles. The average Bonchev–Trinajstić information content (AvgIpc) is 2.50. The summed E-state index contributed by atoms with van der Waals surface area (Å²) in [5, 5.41) is 20.5. The molecule has 110 valence electrons. The first-order valence-electron chi connectivity index (χ1n) is 6.87. The number of hydrogen-bond donors (Lipinski definition) is 2. The van der Waals surface area contributed by atoms with E-state index in [1.807, 2.05) is 19.1 Å². The highest BCUT2D eigenvalue weighted by molar-refractivity contribution is 5.83. The molecule has 0 fully saturated rings. The van der Waals surface area contributed by atoms with E-state index in [0.717, 1.165) is 40.7 Å². The Morgan fingerprint density at radius 1 is 1.05 bits per heavy atom. The van der Waals surface area contributed by atoms with Gasteiger partial charge in [0.1, 0.15) is 11.5 Å². The van der Waals surface area contributed by atoms with E-state index in [9.17, 15) is 10.2 Å². The number of phenols is 2. The lowest BCUT2D eigenvalue weighted by Crippen LogP contribution is -2.07. The minimum atomic E-state index is 0.129. The van der Waals surface area contributed by atoms with Gasteiger partial charge < -0.3 is 19.7 Å². The first-order chi connectivity index (χ1) is 10.1. The van der Waals surface area contributed by atoms with Crippen molar-refractivity contribution in [2.75, 3.05) is 14.2 Å². The molecule has 0 spiro atoms. The van der Waals surface area contributed by atoms with Crippen molar-refractivity contribution in [3.8, 4) is 34.1 Å². The smallest absolute Gasteiger partial charge is 0.164 e. The van der Waals surface area contributed by atoms with Crippen molar-refractivity contribution in [1.29, 1.82) is 0 Å². The number of rotatable bonds is 2. The van der Waals surface area contributed by atoms with Crippen LogP contribution >= 0.6 is 0 Å². The van der Waals surface area contributed by atoms with Gasteiger partial charge in [0.05, 0.1) is 14.2 Å². The number of aryl methyl sites for hydroxylation is 1. The highest BCUT2D eigenvalue weighted by Crippen LogP contribution is 2.48. The van der Waals surface area contributed by atoms with Gasteiger partial charge in [-0.2, -0.15) is 0 Å². The van der Waals surface area contributed by atoms with Gasteiger partial charge in [-0.1, -0.05) is 6.07 Å². The van der Waals surface area contributed by atoms with E-state index >= 15 is 0 Å². The van der Waals surface area contributed by atoms with Crippen LogP contribution in [0.25, 0.3) is 11.1 Å². The Morgan fingerprint density at radius 2 is 1.81 bits per heavy atom. The maximum absolute atomic E-state index is 10.6. The largest absolute Gasteiger partial charge is 0.507 e. The number of benzene rings is 2. The second-order valence-corrected chi connectivity index (χ2v) is 5.23. The van der Waals surface area contributed by atoms with Gasteiger partial charge in [-0.3, -0.25) is 0 Å². The Kier molecular flexibility index (Phi) is 3.16. The second kappa shape index (κ2) is 4.88. The van der Waals surface area contributed by atoms with Crippen LogP contribution in [0.5, 0.6) is 23.0 Å². The van der Waals surface area contributed by atoms with Gasteiger partial charge in [-0.15, -0.1) is 0 Å². The lowest BCUT2D eigenvalue weighted by Gasteiger charge is -2.25. The van der Waals surface area contributed by atoms with E-state index in [1.165, 1.54) is 0 Å². The summed E-state index contributed by atoms with van der Waals surface area (Å²) in [6.45, 7) is 1.83. The van der Waals surface area contributed by atoms with E-state index in [4.69, 9.17) is 9.47 Å². The van der Waals surface area contributed by atoms with Crippen molar-refractivity contribution in [3.63, 3.8) is 0 Å². The van der Waals surface area contributed by atoms with Gasteiger partial charge in [0, 0.05) is 16.7 Å². The van der Waals surface area contributed by atoms with Crippen LogP contribution in [-0.2, 0) is 12.8 Å². The Balaban J connectivity index is 2.31. The third-order valence-electron chi connectivity index (χ3n) is 4.17. The van der Waals surface area contributed by atoms with E-state index in [1.54, 1.807) is 20.3 Å². The number of phenolic OH excluding ortho intramolecular Hbond substituents is 2. The highest BCUT2D eigenvalue weighted by Gasteiger charge is 2.26. The number of methoxy groups -OCH3 is 2. The molecule has 0 heterocycles. The molecule has 4 heteroatoms. The Bertz CT molecular complexity index is 719. The summed E-state index contributed by atoms with van der Waals surface area (Å²) in [5.41, 5.74) is 4.43. The van der Waals surface area contributed by atoms with Gasteiger partial charge >= 0.3 is 0 Å². The molecule has 21 heavy (non-hydrogen) atoms. The van der Waals surface area contributed by atoms with Gasteiger partial charge in [-0.05, 0) is 43.0 Å². The molecule has 4 nitrogen and oxygen atoms in total. The fourth-order valence-corrected chi connectivity index (χ4v) is 3.09. The van der Waals surface area contributed by atoms with Crippen LogP contribution in [0.15, 0.2) is 18.2 Å². The maximum Gasteiger partial charge on any atom is 0.164 e. The third kappa shape index (κ3) is 1.90. The molecular weight excluding hydrogens is 268 g/mol. The number of aromatic hydroxyl groups is 2. The maximum atomic E-state index is 10.6. The number of hydrogen-bond acceptors (Lipinski definition) is 4. The lowest BCUT2D eigenvalue weighted by molar-refractivity contribution is 0.369. The molecule has 2 aromatic carbocycles. The standard InChI is InChI=1S/C17H18O4/c1-9-14(20-2)8-10-4-5-12-11(15(10)16(9)19)6-7-13(18)17(12)21-3/h6-8,18-19H,4-5H2,1-3H3. The van der Waals surface area contributed by atoms with E-state index < -0.39 is 0 Å². The first kappa shape index (κ1) is 13.6. The molecule has 3 rings (SSSR count). The third-order valence-corrected chi connectivity index (χ3v) is 4.17. The zero-order chi connectivity index (χ0) is 15.1. The van der Waals surface area contributed by atoms with Gasteiger partial charge in [0.15, 0.2) is 11.5 Å². The van der Waals surface area contributed by atoms with Crippen LogP contribution < -0.4 is 9.47 Å². The molecule has 0 saturated heterocycles. The van der Waals surface area contributed by atoms with Gasteiger partial charge in [0.2, 0.25) is 0 Å². The van der Waals surface area contributed by atoms with Crippen LogP contribution in [0.3, 0.4) is 0 Å². The summed E-state index contributed by atoms with van der Waals surface area (Å²) in [5.74, 6) is 1.55. The van der Waals surface area contributed by atoms with Crippen molar-refractivity contribution in [1.82, 2.24) is 0 Å². The van der Waals surface area contributed by atoms with Crippen molar-refractivity contribution in [2.24, 2.45) is 0 Å². The average molecular weight is 286 g/mol. The summed E-state index contributed by atoms with van der Waals surface area (Å²) in [6.07, 6.45) is 1.53. The molecule has 0 radical (unpaired) electrons. The number of ether oxygens (including phenoxy) is 2. The highest BCUT2D eigenvalue weighted by atomic mass is 16.5. The number of fused-ring (bicyclic) bond motifs is 3. The topological polar surface area (TPSA) is 58.9 Å². The van der Waals surface area contributed by atoms with Crippen molar-refractivity contribution in [3.05, 3.63) is 34.9 Å². The van der Waals surface area contributed by atoms with Crippen LogP contribution in [0.2, 0.25) is 0 Å². The predicted octanol–water partition coefficient (Wildman–Crippen LogP) is 3.19. The molecule has 0 bridgehead atoms. The van der Waals surface area contributed by atoms with Crippen molar-refractivity contribution in [2.45, 2.75) is 19.8 Å². The molecule has 0 saturated carbocycles. The van der Waals surface area contributed by atoms with E-state index in [2.05, 4.69) is 0 Å². The van der Waals surface area contributed by atoms with Gasteiger partial charge in [-0.25, -0.2) is 0 Å². The SMILES string of the molecule is COc1cc2c(c(O)c1C)-c1ccc(O)c(OC)c1CC2. The minimum Gasteiger partial charge on any atom is -0.507 e. The second-order valence-electron chi connectivity index (χ2n) is 5.23. The minimum absolute atomic E-state index is 0.129. The first-order valence-corrected chi connectivity index (χ1v) is 6.87. The quantitative estimate of drug-likeness (QED) is 0.890. The van der Waals surface area contributed by atoms with Gasteiger partial charge in [0.25, 0.3) is 0 Å². The van der Waals surface area contributed by atoms with Crippen LogP contribution in [-0.4, -0.2) is 24.4 Å². The van der Waals surface area contributed by atoms with Crippen LogP contribution in [0, 0.1) is 6.92 Å². The predicted molar refractivity (Wildman–Crippen MR) is 80.5 cm³/mol. The van der Waals surface area contributed by atoms with Crippen molar-refractivity contribution >= 4 is 0 Å². The molecule has 0 unspecified atom stereocenters. The Labute approximate surface area is 123 Å². The molecule has 2 aromatic rings. The summed E-state index contributed by atoms with van der Waals surface area (Å²) in [7, 11) is 3.15. The summed E-state index contributed by atoms with van der Waals surface area (Å²) in [6, 6.07) is 5.41. The van der Waals surface area contributed by atoms with Crippen LogP contribution in [0.4, 0.5) is 0 Å². The molecule has 1 aliphatic rings. The molecule has 0 aliphatic heterocycles. The molecule has 0 atom stereocenters. The monoisotopic (exact) mass is 286 g/mol. The summed E-state index contributed by atoms with van der Waals surface area (Å²) in [4.78, 5) is 0. The Morgan fingerprint density at radius 3 is 2.48 bits per heavy atom. The molecule has 2 N–H and O–H groups in total. The molecule has 0 amide bonds.